The maximum absolute atomic E-state index is 11.1. The van der Waals surface area contributed by atoms with Gasteiger partial charge in [-0.1, -0.05) is 12.1 Å². The van der Waals surface area contributed by atoms with Crippen molar-refractivity contribution in [3.63, 3.8) is 0 Å². The molecule has 5 nitrogen and oxygen atoms in total. The first-order valence-corrected chi connectivity index (χ1v) is 9.51. The second-order valence-corrected chi connectivity index (χ2v) is 7.72. The highest BCUT2D eigenvalue weighted by molar-refractivity contribution is 7.15. The minimum atomic E-state index is -0.0709. The lowest BCUT2D eigenvalue weighted by Gasteiger charge is -2.32. The van der Waals surface area contributed by atoms with Gasteiger partial charge < -0.3 is 10.1 Å². The van der Waals surface area contributed by atoms with Crippen LogP contribution in [0.5, 0.6) is 5.75 Å². The van der Waals surface area contributed by atoms with Crippen molar-refractivity contribution in [1.29, 1.82) is 0 Å². The van der Waals surface area contributed by atoms with Gasteiger partial charge in [0, 0.05) is 31.1 Å². The standard InChI is InChI=1S/C19H25N3O2S/c1-14(23)21-19-20-11-18(25-19)13-22-9-3-4-16(12-22)10-15-5-7-17(24-2)8-6-15/h5-8,11,16H,3-4,9-10,12-13H2,1-2H3,(H,20,21,23)/t16-/m0/s1. The molecule has 1 aromatic carbocycles. The fraction of sp³-hybridized carbons (Fsp3) is 0.474. The number of thiazole rings is 1. The number of ether oxygens (including phenoxy) is 1. The van der Waals surface area contributed by atoms with E-state index < -0.39 is 0 Å². The molecule has 2 aromatic rings. The normalized spacial score (nSPS) is 18.1. The molecular formula is C19H25N3O2S. The van der Waals surface area contributed by atoms with Gasteiger partial charge in [-0.15, -0.1) is 11.3 Å². The highest BCUT2D eigenvalue weighted by Gasteiger charge is 2.21. The average molecular weight is 359 g/mol. The zero-order chi connectivity index (χ0) is 17.6. The average Bonchev–Trinajstić information content (AvgIpc) is 3.02. The summed E-state index contributed by atoms with van der Waals surface area (Å²) in [6, 6.07) is 8.41. The highest BCUT2D eigenvalue weighted by atomic mass is 32.1. The zero-order valence-corrected chi connectivity index (χ0v) is 15.6. The number of nitrogens with one attached hydrogen (secondary N) is 1. The van der Waals surface area contributed by atoms with Crippen molar-refractivity contribution in [2.45, 2.75) is 32.7 Å². The second-order valence-electron chi connectivity index (χ2n) is 6.61. The van der Waals surface area contributed by atoms with Gasteiger partial charge in [-0.2, -0.15) is 0 Å². The quantitative estimate of drug-likeness (QED) is 0.857. The summed E-state index contributed by atoms with van der Waals surface area (Å²) in [7, 11) is 1.70. The predicted octanol–water partition coefficient (Wildman–Crippen LogP) is 3.56. The second kappa shape index (κ2) is 8.45. The smallest absolute Gasteiger partial charge is 0.223 e. The molecule has 3 rings (SSSR count). The molecule has 0 aliphatic carbocycles. The molecular weight excluding hydrogens is 334 g/mol. The van der Waals surface area contributed by atoms with Crippen LogP contribution in [0, 0.1) is 5.92 Å². The summed E-state index contributed by atoms with van der Waals surface area (Å²) < 4.78 is 5.23. The Morgan fingerprint density at radius 1 is 1.40 bits per heavy atom. The molecule has 1 N–H and O–H groups in total. The monoisotopic (exact) mass is 359 g/mol. The summed E-state index contributed by atoms with van der Waals surface area (Å²) in [5, 5.41) is 3.44. The number of carbonyl (C=O) groups is 1. The first-order valence-electron chi connectivity index (χ1n) is 8.70. The topological polar surface area (TPSA) is 54.5 Å². The third-order valence-electron chi connectivity index (χ3n) is 4.50. The number of hydrogen-bond acceptors (Lipinski definition) is 5. The van der Waals surface area contributed by atoms with Crippen molar-refractivity contribution in [2.75, 3.05) is 25.5 Å². The molecule has 134 valence electrons. The lowest BCUT2D eigenvalue weighted by Crippen LogP contribution is -2.35. The number of methoxy groups -OCH3 is 1. The minimum Gasteiger partial charge on any atom is -0.497 e. The van der Waals surface area contributed by atoms with E-state index in [2.05, 4.69) is 27.3 Å². The van der Waals surface area contributed by atoms with Gasteiger partial charge in [0.1, 0.15) is 5.75 Å². The van der Waals surface area contributed by atoms with Crippen molar-refractivity contribution in [1.82, 2.24) is 9.88 Å². The van der Waals surface area contributed by atoms with Crippen LogP contribution < -0.4 is 10.1 Å². The van der Waals surface area contributed by atoms with Crippen molar-refractivity contribution in [2.24, 2.45) is 5.92 Å². The minimum absolute atomic E-state index is 0.0709. The largest absolute Gasteiger partial charge is 0.497 e. The number of piperidine rings is 1. The van der Waals surface area contributed by atoms with E-state index in [0.717, 1.165) is 31.8 Å². The summed E-state index contributed by atoms with van der Waals surface area (Å²) in [4.78, 5) is 19.1. The summed E-state index contributed by atoms with van der Waals surface area (Å²) in [6.45, 7) is 4.66. The van der Waals surface area contributed by atoms with E-state index in [0.29, 0.717) is 11.0 Å². The fourth-order valence-electron chi connectivity index (χ4n) is 3.37. The van der Waals surface area contributed by atoms with Gasteiger partial charge in [-0.05, 0) is 49.4 Å². The zero-order valence-electron chi connectivity index (χ0n) is 14.8. The molecule has 1 fully saturated rings. The first kappa shape index (κ1) is 17.9. The molecule has 0 spiro atoms. The molecule has 1 aliphatic rings. The third-order valence-corrected chi connectivity index (χ3v) is 5.40. The maximum Gasteiger partial charge on any atom is 0.223 e. The Bertz CT molecular complexity index is 699. The van der Waals surface area contributed by atoms with Gasteiger partial charge >= 0.3 is 0 Å². The van der Waals surface area contributed by atoms with Crippen LogP contribution in [0.15, 0.2) is 30.5 Å². The SMILES string of the molecule is COc1ccc(C[C@@H]2CCCN(Cc3cnc(NC(C)=O)s3)C2)cc1. The number of amides is 1. The lowest BCUT2D eigenvalue weighted by molar-refractivity contribution is -0.114. The Balaban J connectivity index is 1.53. The van der Waals surface area contributed by atoms with Crippen LogP contribution >= 0.6 is 11.3 Å². The van der Waals surface area contributed by atoms with Gasteiger partial charge in [0.05, 0.1) is 7.11 Å². The summed E-state index contributed by atoms with van der Waals surface area (Å²) in [5.74, 6) is 1.53. The van der Waals surface area contributed by atoms with E-state index in [1.807, 2.05) is 18.3 Å². The molecule has 25 heavy (non-hydrogen) atoms. The van der Waals surface area contributed by atoms with Crippen LogP contribution in [0.2, 0.25) is 0 Å². The van der Waals surface area contributed by atoms with E-state index in [1.54, 1.807) is 18.4 Å². The number of carbonyl (C=O) groups excluding carboxylic acids is 1. The fourth-order valence-corrected chi connectivity index (χ4v) is 4.27. The van der Waals surface area contributed by atoms with Gasteiger partial charge in [0.15, 0.2) is 5.13 Å². The Labute approximate surface area is 153 Å². The Morgan fingerprint density at radius 3 is 2.92 bits per heavy atom. The molecule has 1 aliphatic heterocycles. The van der Waals surface area contributed by atoms with E-state index in [4.69, 9.17) is 4.74 Å². The van der Waals surface area contributed by atoms with E-state index >= 15 is 0 Å². The van der Waals surface area contributed by atoms with Crippen LogP contribution in [0.3, 0.4) is 0 Å². The molecule has 1 aromatic heterocycles. The first-order chi connectivity index (χ1) is 12.1. The van der Waals surface area contributed by atoms with E-state index in [1.165, 1.54) is 30.2 Å². The van der Waals surface area contributed by atoms with Crippen molar-refractivity contribution < 1.29 is 9.53 Å². The number of anilines is 1. The Hall–Kier alpha value is -1.92. The van der Waals surface area contributed by atoms with Gasteiger partial charge in [0.25, 0.3) is 0 Å². The molecule has 0 saturated carbocycles. The number of hydrogen-bond donors (Lipinski definition) is 1. The number of benzene rings is 1. The summed E-state index contributed by atoms with van der Waals surface area (Å²) >= 11 is 1.57. The van der Waals surface area contributed by atoms with Gasteiger partial charge in [-0.3, -0.25) is 9.69 Å². The number of rotatable bonds is 6. The van der Waals surface area contributed by atoms with Crippen LogP contribution in [-0.2, 0) is 17.8 Å². The van der Waals surface area contributed by atoms with Gasteiger partial charge in [0.2, 0.25) is 5.91 Å². The Kier molecular flexibility index (Phi) is 6.04. The Morgan fingerprint density at radius 2 is 2.20 bits per heavy atom. The maximum atomic E-state index is 11.1. The van der Waals surface area contributed by atoms with Crippen molar-refractivity contribution in [3.05, 3.63) is 40.9 Å². The summed E-state index contributed by atoms with van der Waals surface area (Å²) in [5.41, 5.74) is 1.37. The van der Waals surface area contributed by atoms with Crippen LogP contribution in [0.1, 0.15) is 30.2 Å². The molecule has 0 radical (unpaired) electrons. The molecule has 1 amide bonds. The molecule has 0 unspecified atom stereocenters. The van der Waals surface area contributed by atoms with E-state index in [-0.39, 0.29) is 5.91 Å². The number of aromatic nitrogens is 1. The van der Waals surface area contributed by atoms with Crippen LogP contribution in [-0.4, -0.2) is 36.0 Å². The molecule has 6 heteroatoms. The predicted molar refractivity (Wildman–Crippen MR) is 101 cm³/mol. The summed E-state index contributed by atoms with van der Waals surface area (Å²) in [6.07, 6.45) is 5.50. The molecule has 1 atom stereocenters. The van der Waals surface area contributed by atoms with Crippen molar-refractivity contribution >= 4 is 22.4 Å². The van der Waals surface area contributed by atoms with Crippen LogP contribution in [0.25, 0.3) is 0 Å². The molecule has 1 saturated heterocycles. The third kappa shape index (κ3) is 5.28. The number of nitrogens with zero attached hydrogens (tertiary/aromatic N) is 2. The highest BCUT2D eigenvalue weighted by Crippen LogP contribution is 2.25. The number of likely N-dealkylation sites (tertiary alicyclic amines) is 1. The van der Waals surface area contributed by atoms with Crippen molar-refractivity contribution in [3.8, 4) is 5.75 Å². The lowest BCUT2D eigenvalue weighted by atomic mass is 9.91. The van der Waals surface area contributed by atoms with E-state index in [9.17, 15) is 4.79 Å². The van der Waals surface area contributed by atoms with Crippen LogP contribution in [0.4, 0.5) is 5.13 Å². The molecule has 2 heterocycles. The molecule has 0 bridgehead atoms. The van der Waals surface area contributed by atoms with Gasteiger partial charge in [-0.25, -0.2) is 4.98 Å².